The normalized spacial score (nSPS) is 10.2. The van der Waals surface area contributed by atoms with Crippen molar-refractivity contribution in [1.29, 1.82) is 0 Å². The number of nitrogens with two attached hydrogens (primary N) is 1. The molecule has 0 unspecified atom stereocenters. The molecule has 1 amide bonds. The number of hydrogen-bond donors (Lipinski definition) is 2. The lowest BCUT2D eigenvalue weighted by Gasteiger charge is -2.03. The predicted octanol–water partition coefficient (Wildman–Crippen LogP) is -0.722. The van der Waals surface area contributed by atoms with E-state index >= 15 is 0 Å². The standard InChI is InChI=1S/C8H10N6O2/c9-7-6(12-16-13-7)8(15)11-2-4-14-3-1-10-5-14/h1,3,5H,2,4H2,(H2,9,13)(H,11,15). The van der Waals surface area contributed by atoms with Gasteiger partial charge in [-0.25, -0.2) is 9.61 Å². The van der Waals surface area contributed by atoms with E-state index in [1.54, 1.807) is 18.7 Å². The maximum absolute atomic E-state index is 11.5. The Morgan fingerprint density at radius 2 is 2.44 bits per heavy atom. The Labute approximate surface area is 90.4 Å². The van der Waals surface area contributed by atoms with Gasteiger partial charge in [0.05, 0.1) is 6.33 Å². The van der Waals surface area contributed by atoms with Crippen LogP contribution in [-0.2, 0) is 6.54 Å². The molecule has 0 aliphatic heterocycles. The maximum Gasteiger partial charge on any atom is 0.277 e. The van der Waals surface area contributed by atoms with Crippen molar-refractivity contribution in [3.05, 3.63) is 24.4 Å². The molecule has 8 heteroatoms. The highest BCUT2D eigenvalue weighted by Crippen LogP contribution is 2.02. The Balaban J connectivity index is 1.83. The molecular formula is C8H10N6O2. The highest BCUT2D eigenvalue weighted by atomic mass is 16.6. The Bertz CT molecular complexity index is 463. The summed E-state index contributed by atoms with van der Waals surface area (Å²) >= 11 is 0. The zero-order valence-corrected chi connectivity index (χ0v) is 8.33. The van der Waals surface area contributed by atoms with Gasteiger partial charge in [0.15, 0.2) is 0 Å². The third-order valence-electron chi connectivity index (χ3n) is 1.94. The summed E-state index contributed by atoms with van der Waals surface area (Å²) in [6.45, 7) is 1.07. The van der Waals surface area contributed by atoms with E-state index < -0.39 is 5.91 Å². The summed E-state index contributed by atoms with van der Waals surface area (Å²) in [6.07, 6.45) is 5.14. The fourth-order valence-electron chi connectivity index (χ4n) is 1.15. The average Bonchev–Trinajstić information content (AvgIpc) is 2.88. The summed E-state index contributed by atoms with van der Waals surface area (Å²) in [5.74, 6) is -0.418. The predicted molar refractivity (Wildman–Crippen MR) is 53.3 cm³/mol. The Hall–Kier alpha value is -2.38. The molecule has 2 aromatic heterocycles. The zero-order valence-electron chi connectivity index (χ0n) is 8.33. The summed E-state index contributed by atoms with van der Waals surface area (Å²) in [7, 11) is 0. The molecule has 2 heterocycles. The van der Waals surface area contributed by atoms with E-state index in [2.05, 4.69) is 25.2 Å². The van der Waals surface area contributed by atoms with E-state index in [4.69, 9.17) is 5.73 Å². The van der Waals surface area contributed by atoms with Crippen molar-refractivity contribution in [1.82, 2.24) is 25.2 Å². The van der Waals surface area contributed by atoms with Gasteiger partial charge in [0.2, 0.25) is 11.5 Å². The topological polar surface area (TPSA) is 112 Å². The third kappa shape index (κ3) is 2.16. The number of hydrogen-bond acceptors (Lipinski definition) is 6. The highest BCUT2D eigenvalue weighted by molar-refractivity contribution is 5.95. The van der Waals surface area contributed by atoms with E-state index in [0.717, 1.165) is 0 Å². The highest BCUT2D eigenvalue weighted by Gasteiger charge is 2.14. The molecule has 0 aliphatic carbocycles. The van der Waals surface area contributed by atoms with Crippen molar-refractivity contribution in [2.75, 3.05) is 12.3 Å². The molecule has 2 aromatic rings. The fourth-order valence-corrected chi connectivity index (χ4v) is 1.15. The lowest BCUT2D eigenvalue weighted by Crippen LogP contribution is -2.27. The van der Waals surface area contributed by atoms with Crippen LogP contribution in [0.1, 0.15) is 10.5 Å². The van der Waals surface area contributed by atoms with Gasteiger partial charge in [0, 0.05) is 25.5 Å². The number of aromatic nitrogens is 4. The monoisotopic (exact) mass is 222 g/mol. The van der Waals surface area contributed by atoms with Crippen LogP contribution < -0.4 is 11.1 Å². The summed E-state index contributed by atoms with van der Waals surface area (Å²) < 4.78 is 6.16. The molecule has 0 aliphatic rings. The van der Waals surface area contributed by atoms with Crippen LogP contribution >= 0.6 is 0 Å². The number of anilines is 1. The largest absolute Gasteiger partial charge is 0.379 e. The van der Waals surface area contributed by atoms with Crippen molar-refractivity contribution in [2.24, 2.45) is 0 Å². The fraction of sp³-hybridized carbons (Fsp3) is 0.250. The molecule has 16 heavy (non-hydrogen) atoms. The number of nitrogens with one attached hydrogen (secondary N) is 1. The van der Waals surface area contributed by atoms with Crippen LogP contribution in [0.5, 0.6) is 0 Å². The van der Waals surface area contributed by atoms with E-state index in [9.17, 15) is 4.79 Å². The van der Waals surface area contributed by atoms with Crippen molar-refractivity contribution >= 4 is 11.7 Å². The second-order valence-electron chi connectivity index (χ2n) is 3.05. The second kappa shape index (κ2) is 4.43. The van der Waals surface area contributed by atoms with Crippen LogP contribution in [0, 0.1) is 0 Å². The molecule has 2 rings (SSSR count). The number of nitrogens with zero attached hydrogens (tertiary/aromatic N) is 4. The lowest BCUT2D eigenvalue weighted by atomic mass is 10.4. The second-order valence-corrected chi connectivity index (χ2v) is 3.05. The molecule has 0 fully saturated rings. The van der Waals surface area contributed by atoms with Gasteiger partial charge < -0.3 is 15.6 Å². The van der Waals surface area contributed by atoms with E-state index in [-0.39, 0.29) is 11.5 Å². The summed E-state index contributed by atoms with van der Waals surface area (Å²) in [5, 5.41) is 9.33. The number of amides is 1. The number of rotatable bonds is 4. The van der Waals surface area contributed by atoms with Crippen molar-refractivity contribution in [3.63, 3.8) is 0 Å². The molecule has 0 radical (unpaired) electrons. The molecule has 0 saturated carbocycles. The Kier molecular flexibility index (Phi) is 2.81. The molecule has 0 saturated heterocycles. The summed E-state index contributed by atoms with van der Waals surface area (Å²) in [4.78, 5) is 15.4. The van der Waals surface area contributed by atoms with Crippen molar-refractivity contribution in [2.45, 2.75) is 6.54 Å². The van der Waals surface area contributed by atoms with Crippen LogP contribution in [0.3, 0.4) is 0 Å². The Morgan fingerprint density at radius 1 is 1.56 bits per heavy atom. The van der Waals surface area contributed by atoms with Crippen LogP contribution in [0.15, 0.2) is 23.4 Å². The molecule has 8 nitrogen and oxygen atoms in total. The molecule has 0 atom stereocenters. The van der Waals surface area contributed by atoms with Crippen LogP contribution in [0.25, 0.3) is 0 Å². The molecule has 3 N–H and O–H groups in total. The molecule has 0 bridgehead atoms. The smallest absolute Gasteiger partial charge is 0.277 e. The SMILES string of the molecule is Nc1nonc1C(=O)NCCn1ccnc1. The van der Waals surface area contributed by atoms with Gasteiger partial charge in [-0.05, 0) is 10.3 Å². The molecular weight excluding hydrogens is 212 g/mol. The molecule has 0 aromatic carbocycles. The van der Waals surface area contributed by atoms with Gasteiger partial charge >= 0.3 is 0 Å². The maximum atomic E-state index is 11.5. The van der Waals surface area contributed by atoms with E-state index in [1.807, 2.05) is 4.57 Å². The molecule has 0 spiro atoms. The number of nitrogen functional groups attached to an aromatic ring is 1. The first kappa shape index (κ1) is 10.1. The average molecular weight is 222 g/mol. The summed E-state index contributed by atoms with van der Waals surface area (Å²) in [5.41, 5.74) is 5.37. The summed E-state index contributed by atoms with van der Waals surface area (Å²) in [6, 6.07) is 0. The van der Waals surface area contributed by atoms with E-state index in [1.165, 1.54) is 0 Å². The zero-order chi connectivity index (χ0) is 11.4. The van der Waals surface area contributed by atoms with Crippen LogP contribution in [0.4, 0.5) is 5.82 Å². The lowest BCUT2D eigenvalue weighted by molar-refractivity contribution is 0.0943. The van der Waals surface area contributed by atoms with Crippen LogP contribution in [-0.4, -0.2) is 32.3 Å². The van der Waals surface area contributed by atoms with Gasteiger partial charge in [-0.3, -0.25) is 4.79 Å². The quantitative estimate of drug-likeness (QED) is 0.705. The minimum atomic E-state index is -0.404. The third-order valence-corrected chi connectivity index (χ3v) is 1.94. The number of carbonyl (C=O) groups excluding carboxylic acids is 1. The van der Waals surface area contributed by atoms with Crippen LogP contribution in [0.2, 0.25) is 0 Å². The van der Waals surface area contributed by atoms with Gasteiger partial charge in [-0.15, -0.1) is 0 Å². The Morgan fingerprint density at radius 3 is 3.06 bits per heavy atom. The minimum Gasteiger partial charge on any atom is -0.379 e. The van der Waals surface area contributed by atoms with Crippen molar-refractivity contribution < 1.29 is 9.42 Å². The number of imidazole rings is 1. The minimum absolute atomic E-state index is 0.00521. The van der Waals surface area contributed by atoms with Gasteiger partial charge in [0.25, 0.3) is 5.91 Å². The first-order chi connectivity index (χ1) is 7.77. The van der Waals surface area contributed by atoms with Gasteiger partial charge in [-0.2, -0.15) is 0 Å². The number of carbonyl (C=O) groups is 1. The first-order valence-corrected chi connectivity index (χ1v) is 4.59. The molecule has 84 valence electrons. The first-order valence-electron chi connectivity index (χ1n) is 4.59. The van der Waals surface area contributed by atoms with E-state index in [0.29, 0.717) is 13.1 Å². The van der Waals surface area contributed by atoms with Gasteiger partial charge in [0.1, 0.15) is 0 Å². The van der Waals surface area contributed by atoms with Gasteiger partial charge in [-0.1, -0.05) is 0 Å². The van der Waals surface area contributed by atoms with Crippen molar-refractivity contribution in [3.8, 4) is 0 Å².